The zero-order valence-corrected chi connectivity index (χ0v) is 15.7. The van der Waals surface area contributed by atoms with Crippen molar-refractivity contribution in [1.82, 2.24) is 4.90 Å². The number of carbonyl (C=O) groups excluding carboxylic acids is 1. The molecule has 1 amide bonds. The molecule has 0 bridgehead atoms. The van der Waals surface area contributed by atoms with Crippen LogP contribution in [-0.2, 0) is 14.3 Å². The van der Waals surface area contributed by atoms with E-state index in [1.54, 1.807) is 6.08 Å². The summed E-state index contributed by atoms with van der Waals surface area (Å²) in [7, 11) is 0. The summed E-state index contributed by atoms with van der Waals surface area (Å²) in [6, 6.07) is 7.45. The summed E-state index contributed by atoms with van der Waals surface area (Å²) < 4.78 is 11.6. The molecule has 1 aromatic rings. The van der Waals surface area contributed by atoms with Crippen molar-refractivity contribution in [2.45, 2.75) is 32.0 Å². The van der Waals surface area contributed by atoms with Crippen molar-refractivity contribution >= 4 is 46.3 Å². The first-order valence-electron chi connectivity index (χ1n) is 8.38. The fraction of sp³-hybridized carbons (Fsp3) is 0.389. The number of hydrogen-bond acceptors (Lipinski definition) is 6. The zero-order chi connectivity index (χ0) is 18.5. The molecule has 3 rings (SSSR count). The van der Waals surface area contributed by atoms with Gasteiger partial charge in [-0.1, -0.05) is 36.1 Å². The van der Waals surface area contributed by atoms with E-state index in [0.29, 0.717) is 22.2 Å². The summed E-state index contributed by atoms with van der Waals surface area (Å²) in [5.74, 6) is -0.323. The lowest BCUT2D eigenvalue weighted by Gasteiger charge is -2.13. The lowest BCUT2D eigenvalue weighted by atomic mass is 10.2. The predicted octanol–water partition coefficient (Wildman–Crippen LogP) is 3.27. The van der Waals surface area contributed by atoms with Crippen molar-refractivity contribution < 1.29 is 24.2 Å². The lowest BCUT2D eigenvalue weighted by molar-refractivity contribution is -0.137. The number of carboxylic acids is 1. The van der Waals surface area contributed by atoms with Crippen LogP contribution in [0.5, 0.6) is 5.75 Å². The quantitative estimate of drug-likeness (QED) is 0.563. The first-order valence-corrected chi connectivity index (χ1v) is 9.61. The average Bonchev–Trinajstić information content (AvgIpc) is 3.20. The van der Waals surface area contributed by atoms with E-state index in [1.165, 1.54) is 16.7 Å². The first-order chi connectivity index (χ1) is 12.5. The number of aliphatic carboxylic acids is 1. The summed E-state index contributed by atoms with van der Waals surface area (Å²) >= 11 is 6.47. The number of carboxylic acid groups (broad SMARTS) is 1. The van der Waals surface area contributed by atoms with Crippen molar-refractivity contribution in [2.75, 3.05) is 13.2 Å². The molecule has 1 unspecified atom stereocenters. The predicted molar refractivity (Wildman–Crippen MR) is 103 cm³/mol. The Morgan fingerprint density at radius 1 is 1.42 bits per heavy atom. The minimum Gasteiger partial charge on any atom is -0.481 e. The van der Waals surface area contributed by atoms with Gasteiger partial charge in [-0.3, -0.25) is 14.5 Å². The number of carbonyl (C=O) groups is 2. The number of thioether (sulfide) groups is 1. The fourth-order valence-corrected chi connectivity index (χ4v) is 3.98. The van der Waals surface area contributed by atoms with Crippen molar-refractivity contribution in [3.63, 3.8) is 0 Å². The second kappa shape index (κ2) is 8.66. The van der Waals surface area contributed by atoms with Gasteiger partial charge < -0.3 is 14.6 Å². The van der Waals surface area contributed by atoms with E-state index < -0.39 is 5.97 Å². The number of thiocarbonyl (C=S) groups is 1. The minimum absolute atomic E-state index is 0.0161. The molecule has 1 aromatic carbocycles. The van der Waals surface area contributed by atoms with E-state index in [-0.39, 0.29) is 18.6 Å². The van der Waals surface area contributed by atoms with Gasteiger partial charge in [-0.2, -0.15) is 0 Å². The van der Waals surface area contributed by atoms with Gasteiger partial charge in [0.05, 0.1) is 11.5 Å². The molecule has 2 heterocycles. The molecule has 0 saturated carbocycles. The Morgan fingerprint density at radius 2 is 2.19 bits per heavy atom. The van der Waals surface area contributed by atoms with Crippen LogP contribution in [0.15, 0.2) is 29.2 Å². The second-order valence-corrected chi connectivity index (χ2v) is 7.64. The van der Waals surface area contributed by atoms with Crippen LogP contribution in [0.25, 0.3) is 6.08 Å². The van der Waals surface area contributed by atoms with E-state index in [0.717, 1.165) is 30.8 Å². The third-order valence-corrected chi connectivity index (χ3v) is 5.36. The third-order valence-electron chi connectivity index (χ3n) is 3.98. The summed E-state index contributed by atoms with van der Waals surface area (Å²) in [6.07, 6.45) is 3.91. The molecule has 26 heavy (non-hydrogen) atoms. The van der Waals surface area contributed by atoms with Crippen LogP contribution in [0.2, 0.25) is 0 Å². The highest BCUT2D eigenvalue weighted by Crippen LogP contribution is 2.33. The standard InChI is InChI=1S/C18H19NO5S2/c20-15(21)3-1-9-19-17(22)14(26-18(19)25)11-12-5-7-13(8-6-12)24-16-4-2-10-23-16/h5-8,11,16H,1-4,9-10H2,(H,20,21)/b14-11-. The van der Waals surface area contributed by atoms with Gasteiger partial charge in [0.1, 0.15) is 10.1 Å². The Labute approximate surface area is 161 Å². The number of amides is 1. The molecule has 0 aromatic heterocycles. The number of nitrogens with zero attached hydrogens (tertiary/aromatic N) is 1. The largest absolute Gasteiger partial charge is 0.481 e. The molecule has 0 aliphatic carbocycles. The zero-order valence-electron chi connectivity index (χ0n) is 14.1. The third kappa shape index (κ3) is 4.84. The van der Waals surface area contributed by atoms with Gasteiger partial charge in [0.15, 0.2) is 6.29 Å². The number of ether oxygens (including phenoxy) is 2. The number of rotatable bonds is 7. The molecule has 1 atom stereocenters. The Kier molecular flexibility index (Phi) is 6.29. The van der Waals surface area contributed by atoms with Gasteiger partial charge in [0, 0.05) is 19.4 Å². The van der Waals surface area contributed by atoms with E-state index in [1.807, 2.05) is 24.3 Å². The summed E-state index contributed by atoms with van der Waals surface area (Å²) in [5.41, 5.74) is 0.871. The molecule has 2 saturated heterocycles. The lowest BCUT2D eigenvalue weighted by Crippen LogP contribution is -2.29. The maximum Gasteiger partial charge on any atom is 0.303 e. The van der Waals surface area contributed by atoms with Crippen molar-refractivity contribution in [1.29, 1.82) is 0 Å². The molecule has 0 radical (unpaired) electrons. The van der Waals surface area contributed by atoms with Gasteiger partial charge in [0.2, 0.25) is 0 Å². The van der Waals surface area contributed by atoms with Crippen molar-refractivity contribution in [2.24, 2.45) is 0 Å². The molecule has 0 spiro atoms. The average molecular weight is 393 g/mol. The van der Waals surface area contributed by atoms with Crippen LogP contribution in [0.4, 0.5) is 0 Å². The Hall–Kier alpha value is -1.90. The van der Waals surface area contributed by atoms with E-state index in [4.69, 9.17) is 26.8 Å². The normalized spacial score (nSPS) is 21.6. The van der Waals surface area contributed by atoms with Crippen LogP contribution in [0.3, 0.4) is 0 Å². The Bertz CT molecular complexity index is 726. The van der Waals surface area contributed by atoms with E-state index >= 15 is 0 Å². The number of benzene rings is 1. The van der Waals surface area contributed by atoms with Gasteiger partial charge in [-0.15, -0.1) is 0 Å². The van der Waals surface area contributed by atoms with Crippen LogP contribution in [0.1, 0.15) is 31.2 Å². The highest BCUT2D eigenvalue weighted by molar-refractivity contribution is 8.26. The van der Waals surface area contributed by atoms with Gasteiger partial charge in [0.25, 0.3) is 5.91 Å². The molecular formula is C18H19NO5S2. The summed E-state index contributed by atoms with van der Waals surface area (Å²) in [5, 5.41) is 8.71. The maximum absolute atomic E-state index is 12.5. The van der Waals surface area contributed by atoms with Crippen LogP contribution < -0.4 is 4.74 Å². The second-order valence-electron chi connectivity index (χ2n) is 5.96. The molecule has 1 N–H and O–H groups in total. The Balaban J connectivity index is 1.61. The van der Waals surface area contributed by atoms with Gasteiger partial charge >= 0.3 is 5.97 Å². The molecular weight excluding hydrogens is 374 g/mol. The molecule has 138 valence electrons. The maximum atomic E-state index is 12.5. The van der Waals surface area contributed by atoms with Gasteiger partial charge in [-0.05, 0) is 36.6 Å². The topological polar surface area (TPSA) is 76.1 Å². The highest BCUT2D eigenvalue weighted by atomic mass is 32.2. The highest BCUT2D eigenvalue weighted by Gasteiger charge is 2.31. The van der Waals surface area contributed by atoms with Crippen LogP contribution in [-0.4, -0.2) is 45.6 Å². The monoisotopic (exact) mass is 393 g/mol. The molecule has 8 heteroatoms. The molecule has 2 aliphatic rings. The molecule has 2 fully saturated rings. The summed E-state index contributed by atoms with van der Waals surface area (Å²) in [4.78, 5) is 25.1. The SMILES string of the molecule is O=C(O)CCCN1C(=O)/C(=C/c2ccc(OC3CCCO3)cc2)SC1=S. The van der Waals surface area contributed by atoms with Crippen LogP contribution >= 0.6 is 24.0 Å². The number of hydrogen-bond donors (Lipinski definition) is 1. The first kappa shape index (κ1) is 18.9. The molecule has 2 aliphatic heterocycles. The van der Waals surface area contributed by atoms with E-state index in [9.17, 15) is 9.59 Å². The molecule has 6 nitrogen and oxygen atoms in total. The Morgan fingerprint density at radius 3 is 2.85 bits per heavy atom. The summed E-state index contributed by atoms with van der Waals surface area (Å²) in [6.45, 7) is 1.06. The fourth-order valence-electron chi connectivity index (χ4n) is 2.67. The van der Waals surface area contributed by atoms with Crippen LogP contribution in [0, 0.1) is 0 Å². The van der Waals surface area contributed by atoms with E-state index in [2.05, 4.69) is 0 Å². The van der Waals surface area contributed by atoms with Crippen molar-refractivity contribution in [3.05, 3.63) is 34.7 Å². The smallest absolute Gasteiger partial charge is 0.303 e. The minimum atomic E-state index is -0.878. The van der Waals surface area contributed by atoms with Crippen molar-refractivity contribution in [3.8, 4) is 5.75 Å². The van der Waals surface area contributed by atoms with Gasteiger partial charge in [-0.25, -0.2) is 0 Å².